The van der Waals surface area contributed by atoms with Crippen LogP contribution in [0, 0.1) is 6.92 Å². The van der Waals surface area contributed by atoms with E-state index in [4.69, 9.17) is 0 Å². The highest BCUT2D eigenvalue weighted by molar-refractivity contribution is 6.03. The van der Waals surface area contributed by atoms with Crippen molar-refractivity contribution >= 4 is 24.0 Å². The number of nitrogens with one attached hydrogen (secondary N) is 2. The molecular formula is C17H21ClN8O. The largest absolute Gasteiger partial charge is 0.321 e. The Hall–Kier alpha value is -2.78. The normalized spacial score (nSPS) is 14.6. The van der Waals surface area contributed by atoms with Crippen LogP contribution in [0.5, 0.6) is 0 Å². The van der Waals surface area contributed by atoms with Crippen LogP contribution in [0.15, 0.2) is 36.7 Å². The Morgan fingerprint density at radius 3 is 2.59 bits per heavy atom. The van der Waals surface area contributed by atoms with E-state index in [2.05, 4.69) is 31.3 Å². The summed E-state index contributed by atoms with van der Waals surface area (Å²) in [5.74, 6) is -0.254. The van der Waals surface area contributed by atoms with Crippen molar-refractivity contribution in [3.8, 4) is 5.69 Å². The fraction of sp³-hybridized carbons (Fsp3) is 0.353. The number of anilines is 1. The van der Waals surface area contributed by atoms with E-state index in [0.29, 0.717) is 17.4 Å². The highest BCUT2D eigenvalue weighted by Crippen LogP contribution is 2.21. The molecule has 0 unspecified atom stereocenters. The summed E-state index contributed by atoms with van der Waals surface area (Å²) in [5, 5.41) is 22.2. The van der Waals surface area contributed by atoms with Crippen molar-refractivity contribution in [1.29, 1.82) is 0 Å². The van der Waals surface area contributed by atoms with Crippen molar-refractivity contribution in [2.75, 3.05) is 18.4 Å². The van der Waals surface area contributed by atoms with Crippen LogP contribution in [0.2, 0.25) is 0 Å². The maximum atomic E-state index is 12.6. The second-order valence-corrected chi connectivity index (χ2v) is 6.30. The van der Waals surface area contributed by atoms with Gasteiger partial charge in [-0.25, -0.2) is 9.36 Å². The monoisotopic (exact) mass is 388 g/mol. The summed E-state index contributed by atoms with van der Waals surface area (Å²) >= 11 is 0. The first kappa shape index (κ1) is 19.0. The molecule has 2 aromatic heterocycles. The standard InChI is InChI=1S/C17H20N8O.ClH/c1-12-16(21-23-25(12)15-6-8-18-9-7-15)17(26)20-13-2-4-14(5-3-13)24-11-10-19-22-24;/h2-5,10-11,15,18H,6-9H2,1H3,(H,20,26);1H. The summed E-state index contributed by atoms with van der Waals surface area (Å²) in [5.41, 5.74) is 2.72. The lowest BCUT2D eigenvalue weighted by molar-refractivity contribution is 0.102. The van der Waals surface area contributed by atoms with Gasteiger partial charge in [0.15, 0.2) is 5.69 Å². The highest BCUT2D eigenvalue weighted by atomic mass is 35.5. The molecule has 0 saturated carbocycles. The molecule has 2 N–H and O–H groups in total. The topological polar surface area (TPSA) is 103 Å². The smallest absolute Gasteiger partial charge is 0.278 e. The summed E-state index contributed by atoms with van der Waals surface area (Å²) in [7, 11) is 0. The van der Waals surface area contributed by atoms with E-state index in [9.17, 15) is 4.79 Å². The minimum Gasteiger partial charge on any atom is -0.321 e. The highest BCUT2D eigenvalue weighted by Gasteiger charge is 2.22. The Balaban J connectivity index is 0.00000210. The van der Waals surface area contributed by atoms with Crippen molar-refractivity contribution in [1.82, 2.24) is 35.3 Å². The molecule has 1 fully saturated rings. The molecule has 4 rings (SSSR count). The molecule has 27 heavy (non-hydrogen) atoms. The van der Waals surface area contributed by atoms with Gasteiger partial charge in [-0.1, -0.05) is 10.4 Å². The van der Waals surface area contributed by atoms with Crippen LogP contribution in [-0.2, 0) is 0 Å². The van der Waals surface area contributed by atoms with Gasteiger partial charge in [0.1, 0.15) is 0 Å². The van der Waals surface area contributed by atoms with Gasteiger partial charge in [-0.05, 0) is 57.1 Å². The summed E-state index contributed by atoms with van der Waals surface area (Å²) in [6.45, 7) is 3.82. The zero-order valence-electron chi connectivity index (χ0n) is 14.9. The Labute approximate surface area is 162 Å². The van der Waals surface area contributed by atoms with Crippen LogP contribution in [0.3, 0.4) is 0 Å². The Kier molecular flexibility index (Phi) is 5.82. The van der Waals surface area contributed by atoms with E-state index in [1.54, 1.807) is 17.1 Å². The molecule has 9 nitrogen and oxygen atoms in total. The average molecular weight is 389 g/mol. The van der Waals surface area contributed by atoms with Crippen LogP contribution >= 0.6 is 12.4 Å². The molecule has 3 aromatic rings. The first-order valence-corrected chi connectivity index (χ1v) is 8.63. The first-order valence-electron chi connectivity index (χ1n) is 8.63. The molecule has 142 valence electrons. The number of rotatable bonds is 4. The molecular weight excluding hydrogens is 368 g/mol. The number of piperidine rings is 1. The zero-order valence-corrected chi connectivity index (χ0v) is 15.7. The number of benzene rings is 1. The van der Waals surface area contributed by atoms with Gasteiger partial charge in [0.2, 0.25) is 0 Å². The van der Waals surface area contributed by atoms with E-state index < -0.39 is 0 Å². The molecule has 0 aliphatic carbocycles. The lowest BCUT2D eigenvalue weighted by Crippen LogP contribution is -2.30. The Morgan fingerprint density at radius 1 is 1.19 bits per heavy atom. The third kappa shape index (κ3) is 3.99. The van der Waals surface area contributed by atoms with Gasteiger partial charge in [0.25, 0.3) is 5.91 Å². The van der Waals surface area contributed by atoms with E-state index in [0.717, 1.165) is 37.3 Å². The molecule has 1 aliphatic heterocycles. The second kappa shape index (κ2) is 8.28. The molecule has 0 bridgehead atoms. The van der Waals surface area contributed by atoms with Crippen molar-refractivity contribution in [3.63, 3.8) is 0 Å². The zero-order chi connectivity index (χ0) is 17.9. The first-order chi connectivity index (χ1) is 12.7. The van der Waals surface area contributed by atoms with Crippen molar-refractivity contribution < 1.29 is 4.79 Å². The van der Waals surface area contributed by atoms with E-state index >= 15 is 0 Å². The fourth-order valence-electron chi connectivity index (χ4n) is 3.18. The number of nitrogens with zero attached hydrogens (tertiary/aromatic N) is 6. The quantitative estimate of drug-likeness (QED) is 0.706. The number of aromatic nitrogens is 6. The van der Waals surface area contributed by atoms with E-state index in [-0.39, 0.29) is 18.3 Å². The van der Waals surface area contributed by atoms with E-state index in [1.165, 1.54) is 0 Å². The number of carbonyl (C=O) groups is 1. The molecule has 1 amide bonds. The SMILES string of the molecule is Cc1c(C(=O)Nc2ccc(-n3ccnn3)cc2)nnn1C1CCNCC1.Cl. The summed E-state index contributed by atoms with van der Waals surface area (Å²) in [6.07, 6.45) is 5.37. The van der Waals surface area contributed by atoms with Gasteiger partial charge in [0.05, 0.1) is 29.8 Å². The van der Waals surface area contributed by atoms with Crippen molar-refractivity contribution in [2.45, 2.75) is 25.8 Å². The van der Waals surface area contributed by atoms with Gasteiger partial charge < -0.3 is 10.6 Å². The van der Waals surface area contributed by atoms with Crippen molar-refractivity contribution in [3.05, 3.63) is 48.0 Å². The van der Waals surface area contributed by atoms with Crippen molar-refractivity contribution in [2.24, 2.45) is 0 Å². The Morgan fingerprint density at radius 2 is 1.93 bits per heavy atom. The molecule has 0 radical (unpaired) electrons. The summed E-state index contributed by atoms with van der Waals surface area (Å²) in [4.78, 5) is 12.6. The third-order valence-corrected chi connectivity index (χ3v) is 4.61. The average Bonchev–Trinajstić information content (AvgIpc) is 3.33. The lowest BCUT2D eigenvalue weighted by atomic mass is 10.1. The summed E-state index contributed by atoms with van der Waals surface area (Å²) in [6, 6.07) is 7.67. The molecule has 1 saturated heterocycles. The third-order valence-electron chi connectivity index (χ3n) is 4.61. The Bertz CT molecular complexity index is 884. The van der Waals surface area contributed by atoms with Crippen LogP contribution in [0.1, 0.15) is 35.1 Å². The summed E-state index contributed by atoms with van der Waals surface area (Å²) < 4.78 is 3.53. The number of carbonyl (C=O) groups excluding carboxylic acids is 1. The van der Waals surface area contributed by atoms with Gasteiger partial charge >= 0.3 is 0 Å². The van der Waals surface area contributed by atoms with Crippen LogP contribution in [0.25, 0.3) is 5.69 Å². The minimum absolute atomic E-state index is 0. The predicted molar refractivity (Wildman–Crippen MR) is 102 cm³/mol. The number of hydrogen-bond donors (Lipinski definition) is 2. The molecule has 1 aliphatic rings. The molecule has 3 heterocycles. The number of amides is 1. The predicted octanol–water partition coefficient (Wildman–Crippen LogP) is 1.77. The van der Waals surface area contributed by atoms with E-state index in [1.807, 2.05) is 35.9 Å². The van der Waals surface area contributed by atoms with Gasteiger partial charge in [0, 0.05) is 5.69 Å². The molecule has 1 aromatic carbocycles. The van der Waals surface area contributed by atoms with Gasteiger partial charge in [-0.3, -0.25) is 4.79 Å². The molecule has 10 heteroatoms. The fourth-order valence-corrected chi connectivity index (χ4v) is 3.18. The minimum atomic E-state index is -0.254. The van der Waals surface area contributed by atoms with Crippen LogP contribution < -0.4 is 10.6 Å². The second-order valence-electron chi connectivity index (χ2n) is 6.30. The van der Waals surface area contributed by atoms with Crippen LogP contribution in [0.4, 0.5) is 5.69 Å². The lowest BCUT2D eigenvalue weighted by Gasteiger charge is -2.23. The number of halogens is 1. The maximum absolute atomic E-state index is 12.6. The van der Waals surface area contributed by atoms with Gasteiger partial charge in [-0.2, -0.15) is 0 Å². The molecule has 0 atom stereocenters. The number of hydrogen-bond acceptors (Lipinski definition) is 6. The maximum Gasteiger partial charge on any atom is 0.278 e. The van der Waals surface area contributed by atoms with Crippen LogP contribution in [-0.4, -0.2) is 49.0 Å². The molecule has 0 spiro atoms. The van der Waals surface area contributed by atoms with Gasteiger partial charge in [-0.15, -0.1) is 22.6 Å².